The number of imide groups is 1. The predicted molar refractivity (Wildman–Crippen MR) is 199 cm³/mol. The third-order valence-electron chi connectivity index (χ3n) is 9.27. The molecule has 1 aliphatic rings. The standard InChI is InChI=1S/C38H47N7O7S/c1-25(2)21-43(53(51,52)29-17-15-28(16-18-29)20-39-50)22-33(46)31(19-27-11-7-6-8-12-27)41-37(48)36(26(3)4)45-24-35(47)44(38(45)49)23-34-40-30-13-9-10-14-32(30)42(34)5/h6-18,20,25-26,31,33,36,46,50H,19,21-24H2,1-5H3,(H,41,48)/b39-20+/t31-,33?,36+/m0/s1. The summed E-state index contributed by atoms with van der Waals surface area (Å²) in [7, 11) is -2.29. The summed E-state index contributed by atoms with van der Waals surface area (Å²) in [6.45, 7) is 6.64. The quantitative estimate of drug-likeness (QED) is 0.0674. The second-order valence-corrected chi connectivity index (χ2v) is 16.0. The fourth-order valence-corrected chi connectivity index (χ4v) is 8.21. The van der Waals surface area contributed by atoms with Gasteiger partial charge in [0, 0.05) is 20.1 Å². The van der Waals surface area contributed by atoms with Crippen molar-refractivity contribution in [3.8, 4) is 0 Å². The number of benzene rings is 3. The molecule has 0 bridgehead atoms. The molecule has 53 heavy (non-hydrogen) atoms. The van der Waals surface area contributed by atoms with Gasteiger partial charge in [-0.05, 0) is 53.6 Å². The molecule has 1 fully saturated rings. The average molecular weight is 746 g/mol. The molecule has 0 aliphatic carbocycles. The van der Waals surface area contributed by atoms with E-state index >= 15 is 0 Å². The molecule has 1 aliphatic heterocycles. The maximum atomic E-state index is 14.2. The Morgan fingerprint density at radius 1 is 0.981 bits per heavy atom. The molecule has 3 N–H and O–H groups in total. The number of aryl methyl sites for hydroxylation is 1. The van der Waals surface area contributed by atoms with Gasteiger partial charge >= 0.3 is 6.03 Å². The minimum atomic E-state index is -4.11. The third kappa shape index (κ3) is 8.92. The van der Waals surface area contributed by atoms with E-state index in [-0.39, 0.29) is 43.4 Å². The summed E-state index contributed by atoms with van der Waals surface area (Å²) in [5, 5.41) is 26.5. The maximum absolute atomic E-state index is 14.2. The number of carbonyl (C=O) groups excluding carboxylic acids is 3. The van der Waals surface area contributed by atoms with Gasteiger partial charge in [0.05, 0.1) is 40.8 Å². The molecule has 1 saturated heterocycles. The number of imidazole rings is 1. The van der Waals surface area contributed by atoms with Gasteiger partial charge in [-0.2, -0.15) is 4.31 Å². The van der Waals surface area contributed by atoms with Crippen LogP contribution < -0.4 is 5.32 Å². The van der Waals surface area contributed by atoms with Crippen molar-refractivity contribution in [3.05, 3.63) is 95.8 Å². The molecule has 5 rings (SSSR count). The Kier molecular flexibility index (Phi) is 12.3. The van der Waals surface area contributed by atoms with Crippen LogP contribution in [0.4, 0.5) is 4.79 Å². The lowest BCUT2D eigenvalue weighted by Crippen LogP contribution is -2.57. The van der Waals surface area contributed by atoms with Crippen molar-refractivity contribution in [2.75, 3.05) is 19.6 Å². The molecule has 0 spiro atoms. The highest BCUT2D eigenvalue weighted by Crippen LogP contribution is 2.24. The zero-order valence-corrected chi connectivity index (χ0v) is 31.3. The van der Waals surface area contributed by atoms with E-state index in [1.807, 2.05) is 80.1 Å². The highest BCUT2D eigenvalue weighted by atomic mass is 32.2. The molecular weight excluding hydrogens is 699 g/mol. The normalized spacial score (nSPS) is 15.7. The van der Waals surface area contributed by atoms with Crippen molar-refractivity contribution in [3.63, 3.8) is 0 Å². The van der Waals surface area contributed by atoms with Gasteiger partial charge < -0.3 is 25.1 Å². The molecule has 4 amide bonds. The SMILES string of the molecule is CC(C)CN(CC(O)[C@H](Cc1ccccc1)NC(=O)[C@@H](C(C)C)N1CC(=O)N(Cc2nc3ccccc3n2C)C1=O)S(=O)(=O)c1ccc(/C=N/O)cc1. The maximum Gasteiger partial charge on any atom is 0.328 e. The number of oxime groups is 1. The Morgan fingerprint density at radius 2 is 1.64 bits per heavy atom. The van der Waals surface area contributed by atoms with Crippen molar-refractivity contribution in [1.29, 1.82) is 0 Å². The van der Waals surface area contributed by atoms with Crippen molar-refractivity contribution >= 4 is 45.1 Å². The highest BCUT2D eigenvalue weighted by Gasteiger charge is 2.45. The third-order valence-corrected chi connectivity index (χ3v) is 11.1. The van der Waals surface area contributed by atoms with Gasteiger partial charge in [-0.15, -0.1) is 0 Å². The number of urea groups is 1. The summed E-state index contributed by atoms with van der Waals surface area (Å²) in [4.78, 5) is 48.3. The molecule has 14 nitrogen and oxygen atoms in total. The van der Waals surface area contributed by atoms with Crippen molar-refractivity contribution in [1.82, 2.24) is 29.0 Å². The smallest absolute Gasteiger partial charge is 0.328 e. The second kappa shape index (κ2) is 16.7. The largest absolute Gasteiger partial charge is 0.411 e. The monoisotopic (exact) mass is 745 g/mol. The molecule has 4 aromatic rings. The number of fused-ring (bicyclic) bond motifs is 1. The number of aliphatic hydroxyl groups excluding tert-OH is 1. The van der Waals surface area contributed by atoms with Gasteiger partial charge in [0.1, 0.15) is 18.4 Å². The van der Waals surface area contributed by atoms with Crippen LogP contribution >= 0.6 is 0 Å². The number of aliphatic hydroxyl groups is 1. The minimum absolute atomic E-state index is 0.00985. The summed E-state index contributed by atoms with van der Waals surface area (Å²) in [5.41, 5.74) is 2.87. The number of rotatable bonds is 16. The Bertz CT molecular complexity index is 2050. The molecule has 3 atom stereocenters. The van der Waals surface area contributed by atoms with Gasteiger partial charge in [-0.25, -0.2) is 18.2 Å². The van der Waals surface area contributed by atoms with Crippen LogP contribution in [0.5, 0.6) is 0 Å². The molecule has 0 radical (unpaired) electrons. The Balaban J connectivity index is 1.39. The summed E-state index contributed by atoms with van der Waals surface area (Å²) >= 11 is 0. The molecule has 1 unspecified atom stereocenters. The van der Waals surface area contributed by atoms with E-state index in [0.29, 0.717) is 11.4 Å². The van der Waals surface area contributed by atoms with E-state index < -0.39 is 52.0 Å². The van der Waals surface area contributed by atoms with Crippen LogP contribution in [0.1, 0.15) is 44.6 Å². The first-order valence-corrected chi connectivity index (χ1v) is 19.0. The van der Waals surface area contributed by atoms with E-state index in [0.717, 1.165) is 21.5 Å². The average Bonchev–Trinajstić information content (AvgIpc) is 3.58. The van der Waals surface area contributed by atoms with E-state index in [1.165, 1.54) is 39.7 Å². The number of aromatic nitrogens is 2. The number of para-hydroxylation sites is 2. The van der Waals surface area contributed by atoms with Crippen molar-refractivity contribution in [2.45, 2.75) is 63.7 Å². The number of amides is 4. The molecule has 2 heterocycles. The predicted octanol–water partition coefficient (Wildman–Crippen LogP) is 3.61. The second-order valence-electron chi connectivity index (χ2n) is 14.1. The van der Waals surface area contributed by atoms with Crippen LogP contribution in [0.2, 0.25) is 0 Å². The van der Waals surface area contributed by atoms with Gasteiger partial charge in [-0.3, -0.25) is 14.5 Å². The van der Waals surface area contributed by atoms with Crippen molar-refractivity contribution in [2.24, 2.45) is 24.0 Å². The van der Waals surface area contributed by atoms with Crippen LogP contribution in [0.15, 0.2) is 88.9 Å². The molecular formula is C38H47N7O7S. The van der Waals surface area contributed by atoms with Gasteiger partial charge in [0.15, 0.2) is 0 Å². The summed E-state index contributed by atoms with van der Waals surface area (Å²) in [5.74, 6) is -1.05. The van der Waals surface area contributed by atoms with Gasteiger partial charge in [-0.1, -0.05) is 87.4 Å². The molecule has 0 saturated carbocycles. The number of sulfonamides is 1. The summed E-state index contributed by atoms with van der Waals surface area (Å²) in [6, 6.07) is 19.8. The summed E-state index contributed by atoms with van der Waals surface area (Å²) < 4.78 is 30.8. The lowest BCUT2D eigenvalue weighted by atomic mass is 9.97. The van der Waals surface area contributed by atoms with Crippen LogP contribution in [-0.2, 0) is 39.6 Å². The van der Waals surface area contributed by atoms with Gasteiger partial charge in [0.2, 0.25) is 15.9 Å². The summed E-state index contributed by atoms with van der Waals surface area (Å²) in [6.07, 6.45) is -0.0283. The lowest BCUT2D eigenvalue weighted by molar-refractivity contribution is -0.129. The highest BCUT2D eigenvalue weighted by molar-refractivity contribution is 7.89. The first kappa shape index (κ1) is 39.1. The van der Waals surface area contributed by atoms with Crippen LogP contribution in [0.25, 0.3) is 11.0 Å². The van der Waals surface area contributed by atoms with E-state index in [4.69, 9.17) is 5.21 Å². The zero-order valence-electron chi connectivity index (χ0n) is 30.5. The Labute approximate surface area is 309 Å². The first-order chi connectivity index (χ1) is 25.2. The lowest BCUT2D eigenvalue weighted by Gasteiger charge is -2.34. The molecule has 3 aromatic carbocycles. The molecule has 1 aromatic heterocycles. The van der Waals surface area contributed by atoms with Crippen LogP contribution in [0, 0.1) is 11.8 Å². The van der Waals surface area contributed by atoms with E-state index in [2.05, 4.69) is 15.5 Å². The van der Waals surface area contributed by atoms with E-state index in [1.54, 1.807) is 13.8 Å². The number of nitrogens with zero attached hydrogens (tertiary/aromatic N) is 6. The minimum Gasteiger partial charge on any atom is -0.411 e. The number of carbonyl (C=O) groups is 3. The Hall–Kier alpha value is -5.12. The first-order valence-electron chi connectivity index (χ1n) is 17.5. The topological polar surface area (TPSA) is 178 Å². The fourth-order valence-electron chi connectivity index (χ4n) is 6.59. The van der Waals surface area contributed by atoms with Crippen LogP contribution in [-0.4, -0.2) is 104 Å². The molecule has 282 valence electrons. The number of hydrogen-bond acceptors (Lipinski definition) is 9. The molecule has 15 heteroatoms. The Morgan fingerprint density at radius 3 is 2.26 bits per heavy atom. The number of nitrogens with one attached hydrogen (secondary N) is 1. The zero-order chi connectivity index (χ0) is 38.4. The van der Waals surface area contributed by atoms with Gasteiger partial charge in [0.25, 0.3) is 5.91 Å². The number of hydrogen-bond donors (Lipinski definition) is 3. The van der Waals surface area contributed by atoms with E-state index in [9.17, 15) is 27.9 Å². The van der Waals surface area contributed by atoms with Crippen molar-refractivity contribution < 1.29 is 33.1 Å². The fraction of sp³-hybridized carbons (Fsp3) is 0.395. The van der Waals surface area contributed by atoms with Crippen LogP contribution in [0.3, 0.4) is 0 Å².